The summed E-state index contributed by atoms with van der Waals surface area (Å²) >= 11 is 0. The minimum Gasteiger partial charge on any atom is -0.255 e. The minimum absolute atomic E-state index is 0. The Morgan fingerprint density at radius 2 is 0.418 bits per heavy atom. The number of pyridine rings is 12. The molecule has 0 saturated carbocycles. The SMILES string of the molecule is Cc1ccnc(-c2cc(CCCCCCCc3ccnc(-c4cc(C)ccn4)c3)ccn2)c1.[Ru+2].[Ru+2].c1cnc2c(c1)ccc1cccnc12.c1cnc2c(c1)ccc1cccnc12.c1cnc2c(c1)ccc1cccnc12.c1cnc2c(c1)ccc1cccnc12. The van der Waals surface area contributed by atoms with E-state index >= 15 is 0 Å². The third-order valence-electron chi connectivity index (χ3n) is 15.3. The molecule has 0 fully saturated rings. The Kier molecular flexibility index (Phi) is 22.5. The van der Waals surface area contributed by atoms with Gasteiger partial charge in [0.2, 0.25) is 0 Å². The first-order valence-corrected chi connectivity index (χ1v) is 30.1. The van der Waals surface area contributed by atoms with Crippen molar-refractivity contribution in [2.45, 2.75) is 58.8 Å². The van der Waals surface area contributed by atoms with Crippen molar-refractivity contribution in [2.75, 3.05) is 0 Å². The fourth-order valence-corrected chi connectivity index (χ4v) is 10.8. The van der Waals surface area contributed by atoms with Crippen LogP contribution >= 0.6 is 0 Å². The molecule has 0 aliphatic heterocycles. The van der Waals surface area contributed by atoms with E-state index in [1.807, 2.05) is 85.5 Å². The molecule has 0 bridgehead atoms. The van der Waals surface area contributed by atoms with Gasteiger partial charge in [0.25, 0.3) is 0 Å². The Balaban J connectivity index is 0.000000132. The molecule has 12 heterocycles. The number of hydrogen-bond acceptors (Lipinski definition) is 12. The van der Waals surface area contributed by atoms with Gasteiger partial charge >= 0.3 is 39.0 Å². The summed E-state index contributed by atoms with van der Waals surface area (Å²) < 4.78 is 0. The van der Waals surface area contributed by atoms with Gasteiger partial charge in [-0.05, 0) is 159 Å². The van der Waals surface area contributed by atoms with Gasteiger partial charge in [-0.2, -0.15) is 0 Å². The molecule has 14 heteroatoms. The predicted molar refractivity (Wildman–Crippen MR) is 363 cm³/mol. The summed E-state index contributed by atoms with van der Waals surface area (Å²) in [5, 5.41) is 9.10. The van der Waals surface area contributed by atoms with E-state index in [2.05, 4.69) is 207 Å². The molecule has 0 saturated heterocycles. The fourth-order valence-electron chi connectivity index (χ4n) is 10.8. The van der Waals surface area contributed by atoms with E-state index in [-0.39, 0.29) is 39.0 Å². The molecule has 12 aromatic heterocycles. The Hall–Kier alpha value is -9.99. The number of rotatable bonds is 10. The predicted octanol–water partition coefficient (Wildman–Crippen LogP) is 18.1. The maximum Gasteiger partial charge on any atom is 2.00 e. The van der Waals surface area contributed by atoms with Gasteiger partial charge in [-0.15, -0.1) is 0 Å². The zero-order valence-electron chi connectivity index (χ0n) is 50.4. The second-order valence-electron chi connectivity index (χ2n) is 21.7. The number of benzene rings is 4. The molecule has 4 aromatic carbocycles. The normalized spacial score (nSPS) is 10.7. The van der Waals surface area contributed by atoms with Crippen LogP contribution in [0.2, 0.25) is 0 Å². The van der Waals surface area contributed by atoms with Crippen LogP contribution in [-0.4, -0.2) is 59.8 Å². The molecule has 0 atom stereocenters. The van der Waals surface area contributed by atoms with Crippen LogP contribution in [0.3, 0.4) is 0 Å². The van der Waals surface area contributed by atoms with E-state index in [1.165, 1.54) is 54.4 Å². The zero-order valence-corrected chi connectivity index (χ0v) is 53.9. The van der Waals surface area contributed by atoms with E-state index in [0.29, 0.717) is 0 Å². The largest absolute Gasteiger partial charge is 2.00 e. The molecule has 0 N–H and O–H groups in total. The summed E-state index contributed by atoms with van der Waals surface area (Å²) in [4.78, 5) is 52.7. The van der Waals surface area contributed by atoms with Crippen molar-refractivity contribution in [3.05, 3.63) is 291 Å². The topological polar surface area (TPSA) is 155 Å². The zero-order chi connectivity index (χ0) is 60.4. The van der Waals surface area contributed by atoms with E-state index in [1.54, 1.807) is 49.6 Å². The summed E-state index contributed by atoms with van der Waals surface area (Å²) in [6, 6.07) is 65.4. The standard InChI is InChI=1S/C29H32N4.4C12H8N2.2Ru/c1-22-10-14-30-26(18-22)28-20-24(12-16-32-28)8-6-4-3-5-7-9-25-13-17-33-29(21-25)27-19-23(2)11-15-31-27;4*1-3-9-5-6-10-4-2-8-14-12(10)11(9)13-7-1;;/h10-21H,3-9H2,1-2H3;4*1-8H;;/q;;;;;2*+2. The summed E-state index contributed by atoms with van der Waals surface area (Å²) in [6.45, 7) is 4.17. The van der Waals surface area contributed by atoms with Crippen LogP contribution < -0.4 is 0 Å². The molecule has 444 valence electrons. The van der Waals surface area contributed by atoms with E-state index < -0.39 is 0 Å². The number of aromatic nitrogens is 12. The Morgan fingerprint density at radius 3 is 0.648 bits per heavy atom. The molecule has 0 unspecified atom stereocenters. The maximum atomic E-state index is 4.51. The van der Waals surface area contributed by atoms with Crippen molar-refractivity contribution in [3.63, 3.8) is 0 Å². The number of hydrogen-bond donors (Lipinski definition) is 0. The van der Waals surface area contributed by atoms with Crippen LogP contribution in [0.5, 0.6) is 0 Å². The second-order valence-corrected chi connectivity index (χ2v) is 21.7. The number of fused-ring (bicyclic) bond motifs is 12. The Morgan fingerprint density at radius 1 is 0.209 bits per heavy atom. The van der Waals surface area contributed by atoms with Crippen molar-refractivity contribution >= 4 is 87.2 Å². The van der Waals surface area contributed by atoms with Crippen molar-refractivity contribution in [1.82, 2.24) is 59.8 Å². The van der Waals surface area contributed by atoms with Crippen LogP contribution in [0.15, 0.2) is 268 Å². The van der Waals surface area contributed by atoms with Crippen molar-refractivity contribution in [1.29, 1.82) is 0 Å². The van der Waals surface area contributed by atoms with Crippen LogP contribution in [-0.2, 0) is 51.8 Å². The summed E-state index contributed by atoms with van der Waals surface area (Å²) in [5.41, 5.74) is 16.8. The molecule has 0 aliphatic carbocycles. The average Bonchev–Trinajstić information content (AvgIpc) is 1.95. The van der Waals surface area contributed by atoms with Crippen LogP contribution in [0.25, 0.3) is 110 Å². The Labute approximate surface area is 554 Å². The Bertz CT molecular complexity index is 4290. The molecule has 0 spiro atoms. The first-order valence-electron chi connectivity index (χ1n) is 30.1. The molecule has 16 aromatic rings. The monoisotopic (exact) mass is 1360 g/mol. The second kappa shape index (κ2) is 32.0. The van der Waals surface area contributed by atoms with E-state index in [0.717, 1.165) is 123 Å². The number of unbranched alkanes of at least 4 members (excludes halogenated alkanes) is 4. The first-order chi connectivity index (χ1) is 44.0. The van der Waals surface area contributed by atoms with E-state index in [9.17, 15) is 0 Å². The van der Waals surface area contributed by atoms with Gasteiger partial charge in [0.1, 0.15) is 0 Å². The average molecular weight is 1360 g/mol. The third kappa shape index (κ3) is 16.5. The molecule has 0 amide bonds. The molecule has 91 heavy (non-hydrogen) atoms. The minimum atomic E-state index is 0. The van der Waals surface area contributed by atoms with Crippen molar-refractivity contribution in [3.8, 4) is 22.8 Å². The van der Waals surface area contributed by atoms with Crippen LogP contribution in [0, 0.1) is 13.8 Å². The summed E-state index contributed by atoms with van der Waals surface area (Å²) in [5.74, 6) is 0. The molecule has 0 aliphatic rings. The van der Waals surface area contributed by atoms with Gasteiger partial charge in [0.15, 0.2) is 0 Å². The third-order valence-corrected chi connectivity index (χ3v) is 15.3. The quantitative estimate of drug-likeness (QED) is 0.0727. The van der Waals surface area contributed by atoms with Crippen molar-refractivity contribution < 1.29 is 39.0 Å². The van der Waals surface area contributed by atoms with Gasteiger partial charge in [-0.25, -0.2) is 0 Å². The van der Waals surface area contributed by atoms with Gasteiger partial charge in [-0.1, -0.05) is 116 Å². The molecule has 0 radical (unpaired) electrons. The fraction of sp³-hybridized carbons (Fsp3) is 0.117. The first kappa shape index (κ1) is 64.0. The molecule has 12 nitrogen and oxygen atoms in total. The van der Waals surface area contributed by atoms with Crippen LogP contribution in [0.4, 0.5) is 0 Å². The molecular weight excluding hydrogens is 1300 g/mol. The van der Waals surface area contributed by atoms with Gasteiger partial charge in [0, 0.05) is 117 Å². The molecule has 16 rings (SSSR count). The summed E-state index contributed by atoms with van der Waals surface area (Å²) in [6.07, 6.45) is 30.3. The number of aryl methyl sites for hydroxylation is 4. The van der Waals surface area contributed by atoms with E-state index in [4.69, 9.17) is 0 Å². The summed E-state index contributed by atoms with van der Waals surface area (Å²) in [7, 11) is 0. The van der Waals surface area contributed by atoms with Crippen LogP contribution in [0.1, 0.15) is 54.4 Å². The number of nitrogens with zero attached hydrogens (tertiary/aromatic N) is 12. The van der Waals surface area contributed by atoms with Gasteiger partial charge < -0.3 is 0 Å². The smallest absolute Gasteiger partial charge is 0.255 e. The molecular formula is C77H64N12Ru2+4. The van der Waals surface area contributed by atoms with Gasteiger partial charge in [0.05, 0.1) is 66.9 Å². The van der Waals surface area contributed by atoms with Gasteiger partial charge in [-0.3, -0.25) is 59.8 Å². The van der Waals surface area contributed by atoms with Crippen molar-refractivity contribution in [2.24, 2.45) is 0 Å². The maximum absolute atomic E-state index is 4.51.